The average molecular weight is 287 g/mol. The Balaban J connectivity index is 2.04. The second kappa shape index (κ2) is 5.55. The largest absolute Gasteiger partial charge is 0.472 e. The number of para-hydroxylation sites is 1. The number of hydrogen-bond acceptors (Lipinski definition) is 3. The molecule has 0 aliphatic heterocycles. The molecular formula is C16H15ClN2O. The Morgan fingerprint density at radius 1 is 1.25 bits per heavy atom. The third-order valence-corrected chi connectivity index (χ3v) is 3.57. The van der Waals surface area contributed by atoms with E-state index in [-0.39, 0.29) is 0 Å². The van der Waals surface area contributed by atoms with Crippen LogP contribution in [0.15, 0.2) is 53.3 Å². The molecule has 2 heterocycles. The number of alkyl halides is 1. The average Bonchev–Trinajstić information content (AvgIpc) is 2.98. The van der Waals surface area contributed by atoms with Crippen molar-refractivity contribution in [3.8, 4) is 0 Å². The number of fused-ring (bicyclic) bond motifs is 1. The minimum atomic E-state index is 0.414. The standard InChI is InChI=1S/C16H15ClN2O/c1-19(10-12-6-7-20-11-12)16-8-13(9-17)18-15-5-3-2-4-14(15)16/h2-8,11H,9-10H2,1H3. The summed E-state index contributed by atoms with van der Waals surface area (Å²) in [6.07, 6.45) is 3.46. The van der Waals surface area contributed by atoms with Gasteiger partial charge in [0.2, 0.25) is 0 Å². The number of hydrogen-bond donors (Lipinski definition) is 0. The van der Waals surface area contributed by atoms with Crippen molar-refractivity contribution < 1.29 is 4.42 Å². The zero-order valence-corrected chi connectivity index (χ0v) is 12.0. The molecule has 0 unspecified atom stereocenters. The summed E-state index contributed by atoms with van der Waals surface area (Å²) in [5, 5.41) is 1.13. The van der Waals surface area contributed by atoms with Crippen LogP contribution >= 0.6 is 11.6 Å². The molecule has 102 valence electrons. The summed E-state index contributed by atoms with van der Waals surface area (Å²) >= 11 is 5.95. The molecule has 0 amide bonds. The second-order valence-corrected chi connectivity index (χ2v) is 5.04. The van der Waals surface area contributed by atoms with E-state index in [2.05, 4.69) is 29.1 Å². The van der Waals surface area contributed by atoms with Crippen molar-refractivity contribution >= 4 is 28.2 Å². The number of rotatable bonds is 4. The topological polar surface area (TPSA) is 29.3 Å². The SMILES string of the molecule is CN(Cc1ccoc1)c1cc(CCl)nc2ccccc12. The number of pyridine rings is 1. The lowest BCUT2D eigenvalue weighted by Gasteiger charge is -2.21. The van der Waals surface area contributed by atoms with E-state index in [1.54, 1.807) is 12.5 Å². The fourth-order valence-corrected chi connectivity index (χ4v) is 2.47. The molecule has 1 aromatic carbocycles. The van der Waals surface area contributed by atoms with E-state index in [1.807, 2.05) is 24.3 Å². The van der Waals surface area contributed by atoms with E-state index in [9.17, 15) is 0 Å². The van der Waals surface area contributed by atoms with Crippen LogP contribution in [0.4, 0.5) is 5.69 Å². The van der Waals surface area contributed by atoms with Gasteiger partial charge in [-0.2, -0.15) is 0 Å². The van der Waals surface area contributed by atoms with Crippen LogP contribution in [-0.2, 0) is 12.4 Å². The molecular weight excluding hydrogens is 272 g/mol. The summed E-state index contributed by atoms with van der Waals surface area (Å²) in [4.78, 5) is 6.74. The molecule has 0 aliphatic rings. The second-order valence-electron chi connectivity index (χ2n) is 4.77. The molecule has 0 fully saturated rings. The molecule has 2 aromatic heterocycles. The predicted molar refractivity (Wildman–Crippen MR) is 82.1 cm³/mol. The van der Waals surface area contributed by atoms with Crippen LogP contribution in [0.2, 0.25) is 0 Å². The monoisotopic (exact) mass is 286 g/mol. The van der Waals surface area contributed by atoms with Gasteiger partial charge in [-0.3, -0.25) is 4.98 Å². The first-order valence-electron chi connectivity index (χ1n) is 6.45. The molecule has 20 heavy (non-hydrogen) atoms. The third-order valence-electron chi connectivity index (χ3n) is 3.30. The zero-order chi connectivity index (χ0) is 13.9. The molecule has 0 saturated carbocycles. The molecule has 0 N–H and O–H groups in total. The molecule has 0 bridgehead atoms. The van der Waals surface area contributed by atoms with Gasteiger partial charge in [-0.1, -0.05) is 18.2 Å². The smallest absolute Gasteiger partial charge is 0.0952 e. The van der Waals surface area contributed by atoms with Gasteiger partial charge in [0, 0.05) is 30.2 Å². The fraction of sp³-hybridized carbons (Fsp3) is 0.188. The Bertz CT molecular complexity index is 710. The number of aromatic nitrogens is 1. The zero-order valence-electron chi connectivity index (χ0n) is 11.2. The molecule has 0 radical (unpaired) electrons. The first-order valence-corrected chi connectivity index (χ1v) is 6.98. The van der Waals surface area contributed by atoms with Crippen molar-refractivity contribution in [1.29, 1.82) is 0 Å². The Hall–Kier alpha value is -2.00. The maximum atomic E-state index is 5.95. The van der Waals surface area contributed by atoms with Gasteiger partial charge in [0.25, 0.3) is 0 Å². The molecule has 4 heteroatoms. The summed E-state index contributed by atoms with van der Waals surface area (Å²) in [6.45, 7) is 0.784. The van der Waals surface area contributed by atoms with E-state index < -0.39 is 0 Å². The first-order chi connectivity index (χ1) is 9.78. The van der Waals surface area contributed by atoms with Gasteiger partial charge in [-0.25, -0.2) is 0 Å². The minimum Gasteiger partial charge on any atom is -0.472 e. The number of nitrogens with zero attached hydrogens (tertiary/aromatic N) is 2. The molecule has 0 aliphatic carbocycles. The van der Waals surface area contributed by atoms with E-state index in [0.29, 0.717) is 5.88 Å². The number of halogens is 1. The Labute approximate surface area is 122 Å². The normalized spacial score (nSPS) is 10.9. The molecule has 0 atom stereocenters. The Kier molecular flexibility index (Phi) is 3.61. The lowest BCUT2D eigenvalue weighted by Crippen LogP contribution is -2.16. The lowest BCUT2D eigenvalue weighted by molar-refractivity contribution is 0.563. The summed E-state index contributed by atoms with van der Waals surface area (Å²) < 4.78 is 5.12. The van der Waals surface area contributed by atoms with Crippen LogP contribution in [0.3, 0.4) is 0 Å². The van der Waals surface area contributed by atoms with Gasteiger partial charge in [0.05, 0.1) is 29.6 Å². The molecule has 3 rings (SSSR count). The number of benzene rings is 1. The molecule has 0 saturated heterocycles. The van der Waals surface area contributed by atoms with E-state index >= 15 is 0 Å². The van der Waals surface area contributed by atoms with Gasteiger partial charge in [0.1, 0.15) is 0 Å². The quantitative estimate of drug-likeness (QED) is 0.673. The maximum Gasteiger partial charge on any atom is 0.0952 e. The summed E-state index contributed by atoms with van der Waals surface area (Å²) in [7, 11) is 2.06. The van der Waals surface area contributed by atoms with Crippen molar-refractivity contribution in [3.05, 3.63) is 60.2 Å². The minimum absolute atomic E-state index is 0.414. The highest BCUT2D eigenvalue weighted by Crippen LogP contribution is 2.27. The van der Waals surface area contributed by atoms with Gasteiger partial charge in [0.15, 0.2) is 0 Å². The predicted octanol–water partition coefficient (Wildman–Crippen LogP) is 4.20. The summed E-state index contributed by atoms with van der Waals surface area (Å²) in [6, 6.07) is 12.1. The van der Waals surface area contributed by atoms with Crippen molar-refractivity contribution in [2.75, 3.05) is 11.9 Å². The van der Waals surface area contributed by atoms with E-state index in [0.717, 1.165) is 34.4 Å². The van der Waals surface area contributed by atoms with Crippen LogP contribution < -0.4 is 4.90 Å². The van der Waals surface area contributed by atoms with Crippen LogP contribution in [-0.4, -0.2) is 12.0 Å². The highest BCUT2D eigenvalue weighted by atomic mass is 35.5. The van der Waals surface area contributed by atoms with Crippen molar-refractivity contribution in [2.45, 2.75) is 12.4 Å². The van der Waals surface area contributed by atoms with Crippen LogP contribution in [0.5, 0.6) is 0 Å². The van der Waals surface area contributed by atoms with Crippen molar-refractivity contribution in [2.24, 2.45) is 0 Å². The van der Waals surface area contributed by atoms with Crippen LogP contribution in [0.1, 0.15) is 11.3 Å². The van der Waals surface area contributed by atoms with Gasteiger partial charge in [-0.15, -0.1) is 11.6 Å². The first kappa shape index (κ1) is 13.0. The summed E-state index contributed by atoms with van der Waals surface area (Å²) in [5.74, 6) is 0.414. The number of furan rings is 1. The van der Waals surface area contributed by atoms with Gasteiger partial charge in [-0.05, 0) is 18.2 Å². The van der Waals surface area contributed by atoms with E-state index in [4.69, 9.17) is 16.0 Å². The van der Waals surface area contributed by atoms with Crippen LogP contribution in [0.25, 0.3) is 10.9 Å². The van der Waals surface area contributed by atoms with Crippen LogP contribution in [0, 0.1) is 0 Å². The lowest BCUT2D eigenvalue weighted by atomic mass is 10.1. The highest BCUT2D eigenvalue weighted by Gasteiger charge is 2.10. The number of anilines is 1. The third kappa shape index (κ3) is 2.49. The Morgan fingerprint density at radius 2 is 2.10 bits per heavy atom. The van der Waals surface area contributed by atoms with Gasteiger partial charge < -0.3 is 9.32 Å². The van der Waals surface area contributed by atoms with Crippen molar-refractivity contribution in [3.63, 3.8) is 0 Å². The van der Waals surface area contributed by atoms with Gasteiger partial charge >= 0.3 is 0 Å². The fourth-order valence-electron chi connectivity index (χ4n) is 2.34. The van der Waals surface area contributed by atoms with E-state index in [1.165, 1.54) is 0 Å². The molecule has 0 spiro atoms. The molecule has 3 nitrogen and oxygen atoms in total. The van der Waals surface area contributed by atoms with Crippen molar-refractivity contribution in [1.82, 2.24) is 4.98 Å². The highest BCUT2D eigenvalue weighted by molar-refractivity contribution is 6.17. The molecule has 3 aromatic rings. The Morgan fingerprint density at radius 3 is 2.85 bits per heavy atom. The maximum absolute atomic E-state index is 5.95. The summed E-state index contributed by atoms with van der Waals surface area (Å²) in [5.41, 5.74) is 4.13.